The number of methoxy groups -OCH3 is 1. The third kappa shape index (κ3) is 10.1. The molecule has 102 valence electrons. The van der Waals surface area contributed by atoms with Crippen LogP contribution in [0.25, 0.3) is 0 Å². The molecule has 0 aromatic carbocycles. The molecule has 0 aliphatic carbocycles. The van der Waals surface area contributed by atoms with Crippen LogP contribution in [0.2, 0.25) is 0 Å². The van der Waals surface area contributed by atoms with Crippen molar-refractivity contribution in [3.05, 3.63) is 0 Å². The van der Waals surface area contributed by atoms with E-state index in [0.717, 1.165) is 25.9 Å². The van der Waals surface area contributed by atoms with E-state index >= 15 is 0 Å². The van der Waals surface area contributed by atoms with E-state index in [0.29, 0.717) is 19.8 Å². The number of hydrogen-bond donors (Lipinski definition) is 0. The molecule has 0 rings (SSSR count). The summed E-state index contributed by atoms with van der Waals surface area (Å²) in [6.45, 7) is 6.44. The molecule has 0 spiro atoms. The van der Waals surface area contributed by atoms with Gasteiger partial charge >= 0.3 is 6.16 Å². The zero-order valence-electron chi connectivity index (χ0n) is 11.1. The van der Waals surface area contributed by atoms with Crippen molar-refractivity contribution in [1.29, 1.82) is 0 Å². The van der Waals surface area contributed by atoms with Gasteiger partial charge in [0.1, 0.15) is 0 Å². The quantitative estimate of drug-likeness (QED) is 0.439. The highest BCUT2D eigenvalue weighted by Crippen LogP contribution is 2.00. The standard InChI is InChI=1S/C12H24O5/c1-4-11(16-5-2)10-15-8-6-7-9-17-12(13)14-3/h11H,4-10H2,1-3H3. The van der Waals surface area contributed by atoms with E-state index in [1.807, 2.05) is 6.92 Å². The number of carbonyl (C=O) groups excluding carboxylic acids is 1. The minimum Gasteiger partial charge on any atom is -0.438 e. The molecule has 17 heavy (non-hydrogen) atoms. The molecular formula is C12H24O5. The fourth-order valence-corrected chi connectivity index (χ4v) is 1.25. The third-order valence-corrected chi connectivity index (χ3v) is 2.23. The molecule has 0 heterocycles. The van der Waals surface area contributed by atoms with Crippen LogP contribution in [-0.2, 0) is 18.9 Å². The first-order valence-electron chi connectivity index (χ1n) is 6.14. The van der Waals surface area contributed by atoms with Gasteiger partial charge in [0.15, 0.2) is 0 Å². The predicted octanol–water partition coefficient (Wildman–Crippen LogP) is 2.38. The van der Waals surface area contributed by atoms with E-state index < -0.39 is 6.16 Å². The lowest BCUT2D eigenvalue weighted by Gasteiger charge is -2.14. The SMILES string of the molecule is CCOC(CC)COCCCCOC(=O)OC. The van der Waals surface area contributed by atoms with E-state index in [9.17, 15) is 4.79 Å². The summed E-state index contributed by atoms with van der Waals surface area (Å²) in [7, 11) is 1.30. The Morgan fingerprint density at radius 2 is 1.88 bits per heavy atom. The maximum Gasteiger partial charge on any atom is 0.507 e. The van der Waals surface area contributed by atoms with Crippen molar-refractivity contribution in [3.63, 3.8) is 0 Å². The molecule has 0 fully saturated rings. The Morgan fingerprint density at radius 1 is 1.18 bits per heavy atom. The summed E-state index contributed by atoms with van der Waals surface area (Å²) in [6, 6.07) is 0. The maximum atomic E-state index is 10.6. The molecule has 1 atom stereocenters. The van der Waals surface area contributed by atoms with Gasteiger partial charge in [-0.25, -0.2) is 4.79 Å². The number of hydrogen-bond acceptors (Lipinski definition) is 5. The molecule has 0 bridgehead atoms. The van der Waals surface area contributed by atoms with E-state index in [2.05, 4.69) is 11.7 Å². The zero-order valence-corrected chi connectivity index (χ0v) is 11.1. The topological polar surface area (TPSA) is 54.0 Å². The Hall–Kier alpha value is -0.810. The highest BCUT2D eigenvalue weighted by Gasteiger charge is 2.05. The van der Waals surface area contributed by atoms with Crippen LogP contribution < -0.4 is 0 Å². The molecule has 0 aliphatic rings. The van der Waals surface area contributed by atoms with Crippen LogP contribution in [-0.4, -0.2) is 45.8 Å². The van der Waals surface area contributed by atoms with Crippen molar-refractivity contribution < 1.29 is 23.7 Å². The van der Waals surface area contributed by atoms with Crippen LogP contribution >= 0.6 is 0 Å². The minimum absolute atomic E-state index is 0.186. The summed E-state index contributed by atoms with van der Waals surface area (Å²) in [5.74, 6) is 0. The largest absolute Gasteiger partial charge is 0.507 e. The Morgan fingerprint density at radius 3 is 2.47 bits per heavy atom. The molecule has 0 aromatic heterocycles. The lowest BCUT2D eigenvalue weighted by molar-refractivity contribution is -0.0147. The summed E-state index contributed by atoms with van der Waals surface area (Å²) in [5.41, 5.74) is 0. The van der Waals surface area contributed by atoms with E-state index in [1.165, 1.54) is 7.11 Å². The highest BCUT2D eigenvalue weighted by atomic mass is 16.7. The monoisotopic (exact) mass is 248 g/mol. The summed E-state index contributed by atoms with van der Waals surface area (Å²) in [4.78, 5) is 10.6. The van der Waals surface area contributed by atoms with E-state index in [4.69, 9.17) is 14.2 Å². The van der Waals surface area contributed by atoms with Crippen molar-refractivity contribution in [1.82, 2.24) is 0 Å². The van der Waals surface area contributed by atoms with Crippen molar-refractivity contribution in [3.8, 4) is 0 Å². The average molecular weight is 248 g/mol. The summed E-state index contributed by atoms with van der Waals surface area (Å²) in [6.07, 6.45) is 2.15. The van der Waals surface area contributed by atoms with Crippen LogP contribution in [0.5, 0.6) is 0 Å². The Labute approximate surface area is 103 Å². The van der Waals surface area contributed by atoms with Gasteiger partial charge in [-0.1, -0.05) is 6.92 Å². The second-order valence-corrected chi connectivity index (χ2v) is 3.57. The number of carbonyl (C=O) groups is 1. The van der Waals surface area contributed by atoms with Gasteiger partial charge in [-0.05, 0) is 26.2 Å². The molecule has 0 aromatic rings. The summed E-state index contributed by atoms with van der Waals surface area (Å²) < 4.78 is 20.0. The zero-order chi connectivity index (χ0) is 12.9. The van der Waals surface area contributed by atoms with Gasteiger partial charge in [0.05, 0.1) is 26.4 Å². The smallest absolute Gasteiger partial charge is 0.438 e. The lowest BCUT2D eigenvalue weighted by atomic mass is 10.3. The van der Waals surface area contributed by atoms with Crippen LogP contribution in [0.15, 0.2) is 0 Å². The molecule has 5 heteroatoms. The Balaban J connectivity index is 3.25. The molecular weight excluding hydrogens is 224 g/mol. The first-order valence-corrected chi connectivity index (χ1v) is 6.14. The molecule has 0 amide bonds. The van der Waals surface area contributed by atoms with E-state index in [-0.39, 0.29) is 6.10 Å². The van der Waals surface area contributed by atoms with E-state index in [1.54, 1.807) is 0 Å². The van der Waals surface area contributed by atoms with Crippen LogP contribution in [0.3, 0.4) is 0 Å². The average Bonchev–Trinajstić information content (AvgIpc) is 2.35. The van der Waals surface area contributed by atoms with Crippen molar-refractivity contribution in [2.24, 2.45) is 0 Å². The maximum absolute atomic E-state index is 10.6. The number of unbranched alkanes of at least 4 members (excludes halogenated alkanes) is 1. The van der Waals surface area contributed by atoms with Gasteiger partial charge in [0.25, 0.3) is 0 Å². The second kappa shape index (κ2) is 11.7. The van der Waals surface area contributed by atoms with Crippen molar-refractivity contribution in [2.45, 2.75) is 39.2 Å². The third-order valence-electron chi connectivity index (χ3n) is 2.23. The fourth-order valence-electron chi connectivity index (χ4n) is 1.25. The first-order chi connectivity index (χ1) is 8.24. The molecule has 5 nitrogen and oxygen atoms in total. The minimum atomic E-state index is -0.631. The van der Waals surface area contributed by atoms with Crippen molar-refractivity contribution in [2.75, 3.05) is 33.5 Å². The summed E-state index contributed by atoms with van der Waals surface area (Å²) >= 11 is 0. The van der Waals surface area contributed by atoms with Gasteiger partial charge in [0.2, 0.25) is 0 Å². The highest BCUT2D eigenvalue weighted by molar-refractivity contribution is 5.59. The molecule has 0 saturated heterocycles. The number of ether oxygens (including phenoxy) is 4. The van der Waals surface area contributed by atoms with Gasteiger partial charge in [-0.15, -0.1) is 0 Å². The van der Waals surface area contributed by atoms with Gasteiger partial charge in [0, 0.05) is 13.2 Å². The van der Waals surface area contributed by atoms with Crippen LogP contribution in [0, 0.1) is 0 Å². The predicted molar refractivity (Wildman–Crippen MR) is 64.1 cm³/mol. The molecule has 0 aliphatic heterocycles. The lowest BCUT2D eigenvalue weighted by Crippen LogP contribution is -2.19. The van der Waals surface area contributed by atoms with Crippen molar-refractivity contribution >= 4 is 6.16 Å². The summed E-state index contributed by atoms with van der Waals surface area (Å²) in [5, 5.41) is 0. The molecule has 1 unspecified atom stereocenters. The van der Waals surface area contributed by atoms with Gasteiger partial charge in [-0.2, -0.15) is 0 Å². The first kappa shape index (κ1) is 16.2. The normalized spacial score (nSPS) is 12.2. The van der Waals surface area contributed by atoms with Gasteiger partial charge in [-0.3, -0.25) is 0 Å². The fraction of sp³-hybridized carbons (Fsp3) is 0.917. The Kier molecular flexibility index (Phi) is 11.1. The van der Waals surface area contributed by atoms with Crippen LogP contribution in [0.1, 0.15) is 33.1 Å². The van der Waals surface area contributed by atoms with Gasteiger partial charge < -0.3 is 18.9 Å². The molecule has 0 saturated carbocycles. The number of rotatable bonds is 10. The molecule has 0 N–H and O–H groups in total. The second-order valence-electron chi connectivity index (χ2n) is 3.57. The molecule has 0 radical (unpaired) electrons. The Bertz CT molecular complexity index is 184. The van der Waals surface area contributed by atoms with Crippen LogP contribution in [0.4, 0.5) is 4.79 Å².